The van der Waals surface area contributed by atoms with Crippen LogP contribution in [0.2, 0.25) is 0 Å². The summed E-state index contributed by atoms with van der Waals surface area (Å²) in [6, 6.07) is 7.79. The van der Waals surface area contributed by atoms with Gasteiger partial charge < -0.3 is 10.3 Å². The lowest BCUT2D eigenvalue weighted by Gasteiger charge is -2.06. The zero-order chi connectivity index (χ0) is 12.4. The number of carbonyl (C=O) groups excluding carboxylic acids is 1. The summed E-state index contributed by atoms with van der Waals surface area (Å²) in [6.45, 7) is 0.784. The number of fused-ring (bicyclic) bond motifs is 1. The van der Waals surface area contributed by atoms with Crippen molar-refractivity contribution in [3.8, 4) is 0 Å². The van der Waals surface area contributed by atoms with E-state index in [1.54, 1.807) is 0 Å². The number of carbonyl (C=O) groups is 1. The van der Waals surface area contributed by atoms with Crippen molar-refractivity contribution in [3.63, 3.8) is 0 Å². The van der Waals surface area contributed by atoms with E-state index in [1.807, 2.05) is 30.5 Å². The predicted octanol–water partition coefficient (Wildman–Crippen LogP) is 3.09. The minimum atomic E-state index is 0.0267. The van der Waals surface area contributed by atoms with Crippen molar-refractivity contribution in [1.29, 1.82) is 0 Å². The van der Waals surface area contributed by atoms with Crippen molar-refractivity contribution in [1.82, 2.24) is 10.3 Å². The number of aromatic amines is 1. The molecule has 1 fully saturated rings. The summed E-state index contributed by atoms with van der Waals surface area (Å²) in [5.41, 5.74) is 1.67. The van der Waals surface area contributed by atoms with E-state index in [1.165, 1.54) is 19.3 Å². The SMILES string of the molecule is O=C(NCCCC1CC1)c1cccc2cc[nH]c12. The molecule has 3 rings (SSSR count). The average molecular weight is 242 g/mol. The van der Waals surface area contributed by atoms with Crippen LogP contribution >= 0.6 is 0 Å². The van der Waals surface area contributed by atoms with Crippen LogP contribution in [-0.2, 0) is 0 Å². The Morgan fingerprint density at radius 3 is 3.06 bits per heavy atom. The third-order valence-corrected chi connectivity index (χ3v) is 3.60. The summed E-state index contributed by atoms with van der Waals surface area (Å²) in [4.78, 5) is 15.2. The molecule has 0 spiro atoms. The highest BCUT2D eigenvalue weighted by Crippen LogP contribution is 2.33. The van der Waals surface area contributed by atoms with Gasteiger partial charge in [-0.3, -0.25) is 4.79 Å². The Labute approximate surface area is 107 Å². The van der Waals surface area contributed by atoms with Crippen LogP contribution in [0.1, 0.15) is 36.0 Å². The van der Waals surface area contributed by atoms with Gasteiger partial charge in [0.15, 0.2) is 0 Å². The summed E-state index contributed by atoms with van der Waals surface area (Å²) in [6.07, 6.45) is 6.99. The Morgan fingerprint density at radius 2 is 2.22 bits per heavy atom. The number of hydrogen-bond donors (Lipinski definition) is 2. The molecule has 2 N–H and O–H groups in total. The Kier molecular flexibility index (Phi) is 3.05. The fraction of sp³-hybridized carbons (Fsp3) is 0.400. The van der Waals surface area contributed by atoms with Crippen molar-refractivity contribution in [2.45, 2.75) is 25.7 Å². The first-order valence-corrected chi connectivity index (χ1v) is 6.69. The maximum Gasteiger partial charge on any atom is 0.253 e. The van der Waals surface area contributed by atoms with E-state index < -0.39 is 0 Å². The van der Waals surface area contributed by atoms with Gasteiger partial charge in [0.25, 0.3) is 5.91 Å². The number of rotatable bonds is 5. The van der Waals surface area contributed by atoms with E-state index in [0.29, 0.717) is 0 Å². The third kappa shape index (κ3) is 2.40. The fourth-order valence-corrected chi connectivity index (χ4v) is 2.37. The summed E-state index contributed by atoms with van der Waals surface area (Å²) in [5.74, 6) is 0.965. The second kappa shape index (κ2) is 4.84. The second-order valence-corrected chi connectivity index (χ2v) is 5.09. The molecule has 0 aliphatic heterocycles. The molecule has 0 saturated heterocycles. The first-order chi connectivity index (χ1) is 8.84. The maximum atomic E-state index is 12.1. The minimum Gasteiger partial charge on any atom is -0.361 e. The topological polar surface area (TPSA) is 44.9 Å². The maximum absolute atomic E-state index is 12.1. The van der Waals surface area contributed by atoms with Crippen LogP contribution < -0.4 is 5.32 Å². The van der Waals surface area contributed by atoms with Gasteiger partial charge in [0.1, 0.15) is 0 Å². The molecule has 1 amide bonds. The van der Waals surface area contributed by atoms with E-state index >= 15 is 0 Å². The summed E-state index contributed by atoms with van der Waals surface area (Å²) in [7, 11) is 0. The largest absolute Gasteiger partial charge is 0.361 e. The number of amides is 1. The van der Waals surface area contributed by atoms with Crippen LogP contribution in [0.15, 0.2) is 30.5 Å². The molecule has 1 heterocycles. The molecule has 1 saturated carbocycles. The van der Waals surface area contributed by atoms with Crippen molar-refractivity contribution in [3.05, 3.63) is 36.0 Å². The van der Waals surface area contributed by atoms with Gasteiger partial charge in [-0.1, -0.05) is 25.0 Å². The molecule has 1 aliphatic rings. The molecule has 2 aromatic rings. The Bertz CT molecular complexity index is 554. The zero-order valence-electron chi connectivity index (χ0n) is 10.4. The van der Waals surface area contributed by atoms with Crippen LogP contribution in [0.25, 0.3) is 10.9 Å². The molecule has 3 nitrogen and oxygen atoms in total. The van der Waals surface area contributed by atoms with E-state index in [4.69, 9.17) is 0 Å². The summed E-state index contributed by atoms with van der Waals surface area (Å²) < 4.78 is 0. The first kappa shape index (κ1) is 11.3. The van der Waals surface area contributed by atoms with E-state index in [9.17, 15) is 4.79 Å². The van der Waals surface area contributed by atoms with Gasteiger partial charge in [0.2, 0.25) is 0 Å². The molecule has 3 heteroatoms. The van der Waals surface area contributed by atoms with Crippen LogP contribution in [0.3, 0.4) is 0 Å². The number of nitrogens with one attached hydrogen (secondary N) is 2. The summed E-state index contributed by atoms with van der Waals surface area (Å²) in [5, 5.41) is 4.09. The number of para-hydroxylation sites is 1. The van der Waals surface area contributed by atoms with E-state index in [2.05, 4.69) is 10.3 Å². The highest BCUT2D eigenvalue weighted by Gasteiger charge is 2.20. The normalized spacial score (nSPS) is 14.9. The van der Waals surface area contributed by atoms with Crippen LogP contribution in [0.4, 0.5) is 0 Å². The van der Waals surface area contributed by atoms with Gasteiger partial charge >= 0.3 is 0 Å². The molecule has 1 aromatic heterocycles. The Balaban J connectivity index is 1.62. The van der Waals surface area contributed by atoms with Gasteiger partial charge in [-0.2, -0.15) is 0 Å². The van der Waals surface area contributed by atoms with Crippen LogP contribution in [-0.4, -0.2) is 17.4 Å². The monoisotopic (exact) mass is 242 g/mol. The second-order valence-electron chi connectivity index (χ2n) is 5.09. The Hall–Kier alpha value is -1.77. The first-order valence-electron chi connectivity index (χ1n) is 6.69. The third-order valence-electron chi connectivity index (χ3n) is 3.60. The van der Waals surface area contributed by atoms with E-state index in [0.717, 1.165) is 35.3 Å². The molecule has 94 valence electrons. The minimum absolute atomic E-state index is 0.0267. The highest BCUT2D eigenvalue weighted by atomic mass is 16.1. The van der Waals surface area contributed by atoms with Gasteiger partial charge in [0.05, 0.1) is 11.1 Å². The fourth-order valence-electron chi connectivity index (χ4n) is 2.37. The smallest absolute Gasteiger partial charge is 0.253 e. The molecule has 18 heavy (non-hydrogen) atoms. The van der Waals surface area contributed by atoms with Crippen LogP contribution in [0, 0.1) is 5.92 Å². The Morgan fingerprint density at radius 1 is 1.33 bits per heavy atom. The van der Waals surface area contributed by atoms with Gasteiger partial charge in [-0.05, 0) is 30.9 Å². The predicted molar refractivity (Wildman–Crippen MR) is 72.6 cm³/mol. The molecule has 0 unspecified atom stereocenters. The molecule has 0 bridgehead atoms. The standard InChI is InChI=1S/C15H18N2O/c18-15(17-9-2-3-11-6-7-11)13-5-1-4-12-8-10-16-14(12)13/h1,4-5,8,10-11,16H,2-3,6-7,9H2,(H,17,18). The number of H-pyrrole nitrogens is 1. The molecule has 1 aliphatic carbocycles. The van der Waals surface area contributed by atoms with Crippen molar-refractivity contribution in [2.24, 2.45) is 5.92 Å². The van der Waals surface area contributed by atoms with E-state index in [-0.39, 0.29) is 5.91 Å². The molecule has 0 atom stereocenters. The lowest BCUT2D eigenvalue weighted by atomic mass is 10.1. The van der Waals surface area contributed by atoms with Gasteiger partial charge in [-0.25, -0.2) is 0 Å². The quantitative estimate of drug-likeness (QED) is 0.777. The zero-order valence-corrected chi connectivity index (χ0v) is 10.4. The highest BCUT2D eigenvalue weighted by molar-refractivity contribution is 6.05. The van der Waals surface area contributed by atoms with Crippen molar-refractivity contribution in [2.75, 3.05) is 6.54 Å². The molecular formula is C15H18N2O. The molecular weight excluding hydrogens is 224 g/mol. The molecule has 1 aromatic carbocycles. The molecule has 0 radical (unpaired) electrons. The number of hydrogen-bond acceptors (Lipinski definition) is 1. The lowest BCUT2D eigenvalue weighted by molar-refractivity contribution is 0.0954. The average Bonchev–Trinajstić information content (AvgIpc) is 3.08. The van der Waals surface area contributed by atoms with Gasteiger partial charge in [0, 0.05) is 18.1 Å². The number of aromatic nitrogens is 1. The van der Waals surface area contributed by atoms with Gasteiger partial charge in [-0.15, -0.1) is 0 Å². The van der Waals surface area contributed by atoms with Crippen molar-refractivity contribution >= 4 is 16.8 Å². The summed E-state index contributed by atoms with van der Waals surface area (Å²) >= 11 is 0. The lowest BCUT2D eigenvalue weighted by Crippen LogP contribution is -2.24. The van der Waals surface area contributed by atoms with Crippen LogP contribution in [0.5, 0.6) is 0 Å². The number of benzene rings is 1. The van der Waals surface area contributed by atoms with Crippen molar-refractivity contribution < 1.29 is 4.79 Å².